The topological polar surface area (TPSA) is 156 Å². The summed E-state index contributed by atoms with van der Waals surface area (Å²) in [5, 5.41) is 6.48. The molecule has 230 valence electrons. The second-order valence-electron chi connectivity index (χ2n) is 11.7. The summed E-state index contributed by atoms with van der Waals surface area (Å²) in [5.74, 6) is 0.347. The zero-order chi connectivity index (χ0) is 31.5. The van der Waals surface area contributed by atoms with Gasteiger partial charge in [0.05, 0.1) is 39.6 Å². The molecule has 5 heterocycles. The summed E-state index contributed by atoms with van der Waals surface area (Å²) in [6.07, 6.45) is 6.77. The first-order valence-corrected chi connectivity index (χ1v) is 16.1. The van der Waals surface area contributed by atoms with Crippen molar-refractivity contribution >= 4 is 38.6 Å². The van der Waals surface area contributed by atoms with Crippen molar-refractivity contribution in [1.29, 1.82) is 0 Å². The van der Waals surface area contributed by atoms with Crippen molar-refractivity contribution in [3.05, 3.63) is 72.3 Å². The number of hydrogen-bond donors (Lipinski definition) is 2. The third kappa shape index (κ3) is 7.64. The Morgan fingerprint density at radius 2 is 1.82 bits per heavy atom. The third-order valence-corrected chi connectivity index (χ3v) is 8.09. The first kappa shape index (κ1) is 30.8. The van der Waals surface area contributed by atoms with Crippen molar-refractivity contribution in [2.75, 3.05) is 24.2 Å². The molecule has 4 aromatic heterocycles. The van der Waals surface area contributed by atoms with E-state index in [2.05, 4.69) is 25.5 Å². The number of nitrogens with zero attached hydrogens (tertiary/aromatic N) is 5. The minimum atomic E-state index is -3.49. The Kier molecular flexibility index (Phi) is 8.77. The van der Waals surface area contributed by atoms with Crippen LogP contribution in [0, 0.1) is 0 Å². The van der Waals surface area contributed by atoms with Crippen LogP contribution in [-0.2, 0) is 21.1 Å². The molecule has 5 rings (SSSR count). The molecular weight excluding hydrogens is 582 g/mol. The highest BCUT2D eigenvalue weighted by Crippen LogP contribution is 2.27. The maximum absolute atomic E-state index is 12.7. The number of rotatable bonds is 8. The van der Waals surface area contributed by atoms with Gasteiger partial charge in [-0.15, -0.1) is 0 Å². The average molecular weight is 618 g/mol. The molecule has 13 heteroatoms. The number of pyridine rings is 4. The maximum atomic E-state index is 12.7. The number of nitrogens with one attached hydrogen (secondary N) is 2. The Morgan fingerprint density at radius 3 is 2.59 bits per heavy atom. The molecule has 44 heavy (non-hydrogen) atoms. The van der Waals surface area contributed by atoms with E-state index in [1.165, 1.54) is 18.5 Å². The van der Waals surface area contributed by atoms with Crippen molar-refractivity contribution in [2.24, 2.45) is 0 Å². The van der Waals surface area contributed by atoms with Gasteiger partial charge < -0.3 is 20.3 Å². The second-order valence-corrected chi connectivity index (χ2v) is 13.7. The molecule has 0 aliphatic carbocycles. The molecule has 1 fully saturated rings. The third-order valence-electron chi connectivity index (χ3n) is 7.01. The van der Waals surface area contributed by atoms with Gasteiger partial charge in [-0.25, -0.2) is 23.2 Å². The molecule has 0 spiro atoms. The van der Waals surface area contributed by atoms with E-state index in [4.69, 9.17) is 14.7 Å². The van der Waals surface area contributed by atoms with Crippen LogP contribution >= 0.6 is 0 Å². The van der Waals surface area contributed by atoms with E-state index >= 15 is 0 Å². The zero-order valence-corrected chi connectivity index (χ0v) is 25.9. The van der Waals surface area contributed by atoms with Crippen LogP contribution in [0.5, 0.6) is 0 Å². The maximum Gasteiger partial charge on any atom is 0.407 e. The van der Waals surface area contributed by atoms with E-state index in [1.807, 2.05) is 51.1 Å². The second kappa shape index (κ2) is 12.5. The van der Waals surface area contributed by atoms with Gasteiger partial charge in [0.2, 0.25) is 0 Å². The lowest BCUT2D eigenvalue weighted by atomic mass is 10.1. The number of carbonyl (C=O) groups excluding carboxylic acids is 2. The smallest absolute Gasteiger partial charge is 0.407 e. The SMILES string of the molecule is CC(C)(C)OC(=O)NCC1CCCN1c1cccc(-c2ccc3cnc(CNC(=O)c4cncc(S(C)(=O)=O)c4)cc3n2)n1. The van der Waals surface area contributed by atoms with Crippen LogP contribution in [-0.4, -0.2) is 71.3 Å². The van der Waals surface area contributed by atoms with Gasteiger partial charge >= 0.3 is 6.09 Å². The summed E-state index contributed by atoms with van der Waals surface area (Å²) in [6, 6.07) is 12.8. The lowest BCUT2D eigenvalue weighted by Gasteiger charge is -2.27. The highest BCUT2D eigenvalue weighted by Gasteiger charge is 2.27. The molecule has 2 N–H and O–H groups in total. The molecule has 12 nitrogen and oxygen atoms in total. The fourth-order valence-electron chi connectivity index (χ4n) is 4.91. The minimum Gasteiger partial charge on any atom is -0.444 e. The molecule has 1 aliphatic rings. The average Bonchev–Trinajstić information content (AvgIpc) is 3.46. The molecule has 4 aromatic rings. The van der Waals surface area contributed by atoms with Gasteiger partial charge in [0.15, 0.2) is 9.84 Å². The van der Waals surface area contributed by atoms with Crippen LogP contribution in [0.4, 0.5) is 10.6 Å². The van der Waals surface area contributed by atoms with Gasteiger partial charge in [-0.2, -0.15) is 0 Å². The normalized spacial score (nSPS) is 15.3. The van der Waals surface area contributed by atoms with E-state index in [1.54, 1.807) is 12.3 Å². The van der Waals surface area contributed by atoms with E-state index in [0.29, 0.717) is 29.1 Å². The van der Waals surface area contributed by atoms with Gasteiger partial charge in [-0.05, 0) is 70.0 Å². The summed E-state index contributed by atoms with van der Waals surface area (Å²) in [7, 11) is -3.49. The predicted octanol–water partition coefficient (Wildman–Crippen LogP) is 3.91. The number of hydrogen-bond acceptors (Lipinski definition) is 10. The quantitative estimate of drug-likeness (QED) is 0.297. The molecule has 1 atom stereocenters. The summed E-state index contributed by atoms with van der Waals surface area (Å²) in [6.45, 7) is 6.92. The standard InChI is InChI=1S/C31H35N7O5S/c1-31(2,3)43-30(40)35-18-23-7-6-12-38(23)28-9-5-8-25(37-28)26-11-10-20-16-33-22(14-27(20)36-26)17-34-29(39)21-13-24(19-32-15-21)44(4,41)42/h5,8-11,13-16,19,23H,6-7,12,17-18H2,1-4H3,(H,34,39)(H,35,40). The molecule has 0 bridgehead atoms. The highest BCUT2D eigenvalue weighted by atomic mass is 32.2. The van der Waals surface area contributed by atoms with Crippen LogP contribution in [0.25, 0.3) is 22.3 Å². The Balaban J connectivity index is 1.28. The highest BCUT2D eigenvalue weighted by molar-refractivity contribution is 7.90. The Labute approximate surface area is 256 Å². The molecule has 2 amide bonds. The molecular formula is C31H35N7O5S. The molecule has 1 saturated heterocycles. The molecule has 1 unspecified atom stereocenters. The number of aromatic nitrogens is 4. The predicted molar refractivity (Wildman–Crippen MR) is 166 cm³/mol. The van der Waals surface area contributed by atoms with Crippen LogP contribution in [0.15, 0.2) is 66.0 Å². The number of fused-ring (bicyclic) bond motifs is 1. The summed E-state index contributed by atoms with van der Waals surface area (Å²) < 4.78 is 29.0. The Bertz CT molecular complexity index is 1810. The lowest BCUT2D eigenvalue weighted by molar-refractivity contribution is 0.0524. The largest absolute Gasteiger partial charge is 0.444 e. The Hall–Kier alpha value is -4.65. The van der Waals surface area contributed by atoms with E-state index < -0.39 is 27.4 Å². The number of anilines is 1. The fourth-order valence-corrected chi connectivity index (χ4v) is 5.50. The van der Waals surface area contributed by atoms with Crippen molar-refractivity contribution in [3.63, 3.8) is 0 Å². The van der Waals surface area contributed by atoms with Gasteiger partial charge in [0, 0.05) is 49.4 Å². The van der Waals surface area contributed by atoms with Crippen molar-refractivity contribution in [2.45, 2.75) is 56.7 Å². The van der Waals surface area contributed by atoms with Crippen LogP contribution < -0.4 is 15.5 Å². The van der Waals surface area contributed by atoms with Gasteiger partial charge in [0.25, 0.3) is 5.91 Å². The van der Waals surface area contributed by atoms with E-state index in [9.17, 15) is 18.0 Å². The molecule has 1 aliphatic heterocycles. The lowest BCUT2D eigenvalue weighted by Crippen LogP contribution is -2.42. The van der Waals surface area contributed by atoms with Crippen molar-refractivity contribution in [1.82, 2.24) is 30.6 Å². The summed E-state index contributed by atoms with van der Waals surface area (Å²) in [5.41, 5.74) is 2.25. The van der Waals surface area contributed by atoms with Gasteiger partial charge in [-0.3, -0.25) is 14.8 Å². The number of sulfone groups is 1. The zero-order valence-electron chi connectivity index (χ0n) is 25.1. The molecule has 0 radical (unpaired) electrons. The van der Waals surface area contributed by atoms with E-state index in [-0.39, 0.29) is 23.0 Å². The first-order valence-electron chi connectivity index (χ1n) is 14.3. The van der Waals surface area contributed by atoms with Crippen LogP contribution in [0.3, 0.4) is 0 Å². The van der Waals surface area contributed by atoms with Crippen LogP contribution in [0.1, 0.15) is 49.7 Å². The number of amides is 2. The number of carbonyl (C=O) groups is 2. The van der Waals surface area contributed by atoms with Crippen molar-refractivity contribution < 1.29 is 22.7 Å². The summed E-state index contributed by atoms with van der Waals surface area (Å²) in [4.78, 5) is 45.1. The first-order chi connectivity index (χ1) is 20.9. The van der Waals surface area contributed by atoms with Crippen LogP contribution in [0.2, 0.25) is 0 Å². The number of alkyl carbamates (subject to hydrolysis) is 1. The molecule has 0 aromatic carbocycles. The van der Waals surface area contributed by atoms with E-state index in [0.717, 1.165) is 36.8 Å². The monoisotopic (exact) mass is 617 g/mol. The van der Waals surface area contributed by atoms with Gasteiger partial charge in [-0.1, -0.05) is 6.07 Å². The number of ether oxygens (including phenoxy) is 1. The minimum absolute atomic E-state index is 0.0268. The Morgan fingerprint density at radius 1 is 1.02 bits per heavy atom. The molecule has 0 saturated carbocycles. The van der Waals surface area contributed by atoms with Gasteiger partial charge in [0.1, 0.15) is 11.4 Å². The summed E-state index contributed by atoms with van der Waals surface area (Å²) >= 11 is 0. The van der Waals surface area contributed by atoms with Crippen molar-refractivity contribution in [3.8, 4) is 11.4 Å². The fraction of sp³-hybridized carbons (Fsp3) is 0.355.